The van der Waals surface area contributed by atoms with Crippen molar-refractivity contribution in [2.45, 2.75) is 39.5 Å². The highest BCUT2D eigenvalue weighted by Crippen LogP contribution is 2.32. The Bertz CT molecular complexity index is 944. The monoisotopic (exact) mass is 371 g/mol. The zero-order valence-corrected chi connectivity index (χ0v) is 15.5. The summed E-state index contributed by atoms with van der Waals surface area (Å²) in [7, 11) is 0. The second-order valence-electron chi connectivity index (χ2n) is 7.28. The summed E-state index contributed by atoms with van der Waals surface area (Å²) >= 11 is 0. The quantitative estimate of drug-likeness (QED) is 0.711. The molecule has 1 N–H and O–H groups in total. The van der Waals surface area contributed by atoms with E-state index < -0.39 is 24.1 Å². The number of hydrogen-bond donors (Lipinski definition) is 1. The van der Waals surface area contributed by atoms with Gasteiger partial charge in [-0.25, -0.2) is 9.18 Å². The Morgan fingerprint density at radius 3 is 2.56 bits per heavy atom. The van der Waals surface area contributed by atoms with Gasteiger partial charge in [-0.3, -0.25) is 4.90 Å². The Balaban J connectivity index is 1.93. The summed E-state index contributed by atoms with van der Waals surface area (Å²) < 4.78 is 25.0. The van der Waals surface area contributed by atoms with E-state index in [-0.39, 0.29) is 16.9 Å². The molecule has 0 atom stereocenters. The number of fused-ring (bicyclic) bond motifs is 1. The number of benzene rings is 2. The zero-order chi connectivity index (χ0) is 19.6. The minimum Gasteiger partial charge on any atom is -0.461 e. The van der Waals surface area contributed by atoms with Crippen LogP contribution in [0, 0.1) is 5.82 Å². The van der Waals surface area contributed by atoms with Crippen molar-refractivity contribution < 1.29 is 23.4 Å². The highest BCUT2D eigenvalue weighted by Gasteiger charge is 2.29. The number of aliphatic hydroxyl groups excluding tert-OH is 1. The average molecular weight is 371 g/mol. The lowest BCUT2D eigenvalue weighted by atomic mass is 10.1. The molecule has 3 aromatic rings. The van der Waals surface area contributed by atoms with Gasteiger partial charge in [0.1, 0.15) is 5.75 Å². The summed E-state index contributed by atoms with van der Waals surface area (Å²) in [5, 5.41) is 9.71. The number of halogens is 1. The van der Waals surface area contributed by atoms with E-state index in [1.165, 1.54) is 18.4 Å². The van der Waals surface area contributed by atoms with E-state index in [1.807, 2.05) is 51.1 Å². The molecule has 0 saturated heterocycles. The van der Waals surface area contributed by atoms with Crippen molar-refractivity contribution >= 4 is 17.1 Å². The second-order valence-corrected chi connectivity index (χ2v) is 7.28. The summed E-state index contributed by atoms with van der Waals surface area (Å²) in [5.41, 5.74) is 0.427. The first-order valence-corrected chi connectivity index (χ1v) is 8.64. The van der Waals surface area contributed by atoms with Crippen LogP contribution in [0.4, 0.5) is 9.18 Å². The van der Waals surface area contributed by atoms with E-state index >= 15 is 0 Å². The van der Waals surface area contributed by atoms with Gasteiger partial charge in [-0.05, 0) is 38.5 Å². The number of furan rings is 1. The van der Waals surface area contributed by atoms with Crippen LogP contribution in [0.3, 0.4) is 0 Å². The van der Waals surface area contributed by atoms with Gasteiger partial charge in [-0.15, -0.1) is 0 Å². The average Bonchev–Trinajstić information content (AvgIpc) is 3.12. The fourth-order valence-electron chi connectivity index (χ4n) is 2.81. The molecule has 0 aliphatic heterocycles. The minimum absolute atomic E-state index is 0.00520. The maximum absolute atomic E-state index is 14.3. The van der Waals surface area contributed by atoms with Gasteiger partial charge >= 0.3 is 6.09 Å². The first kappa shape index (κ1) is 18.9. The lowest BCUT2D eigenvalue weighted by Crippen LogP contribution is -2.46. The van der Waals surface area contributed by atoms with Crippen molar-refractivity contribution in [3.05, 3.63) is 65.7 Å². The van der Waals surface area contributed by atoms with Crippen LogP contribution in [-0.2, 0) is 13.2 Å². The molecule has 142 valence electrons. The summed E-state index contributed by atoms with van der Waals surface area (Å²) in [6.07, 6.45) is 0.752. The van der Waals surface area contributed by atoms with Gasteiger partial charge in [0.05, 0.1) is 18.3 Å². The normalized spacial score (nSPS) is 11.6. The highest BCUT2D eigenvalue weighted by atomic mass is 19.1. The second kappa shape index (κ2) is 7.40. The van der Waals surface area contributed by atoms with E-state index in [1.54, 1.807) is 4.90 Å². The van der Waals surface area contributed by atoms with Crippen LogP contribution >= 0.6 is 0 Å². The van der Waals surface area contributed by atoms with Crippen LogP contribution in [-0.4, -0.2) is 21.6 Å². The third kappa shape index (κ3) is 3.95. The lowest BCUT2D eigenvalue weighted by molar-refractivity contribution is 0.102. The van der Waals surface area contributed by atoms with Crippen molar-refractivity contribution in [2.24, 2.45) is 0 Å². The van der Waals surface area contributed by atoms with Crippen LogP contribution in [0.25, 0.3) is 11.0 Å². The molecule has 1 amide bonds. The van der Waals surface area contributed by atoms with Crippen LogP contribution < -0.4 is 4.74 Å². The molecule has 0 bridgehead atoms. The third-order valence-corrected chi connectivity index (χ3v) is 4.30. The number of hydrogen-bond acceptors (Lipinski definition) is 4. The largest absolute Gasteiger partial charge is 0.461 e. The SMILES string of the molecule is CC(C)(C)N(Cc1ccccc1)C(=O)Oc1cc(CO)c(F)c2occc12. The maximum Gasteiger partial charge on any atom is 0.415 e. The Kier molecular flexibility index (Phi) is 5.19. The third-order valence-electron chi connectivity index (χ3n) is 4.30. The molecule has 0 aliphatic carbocycles. The zero-order valence-electron chi connectivity index (χ0n) is 15.5. The van der Waals surface area contributed by atoms with Gasteiger partial charge in [0.25, 0.3) is 0 Å². The summed E-state index contributed by atoms with van der Waals surface area (Å²) in [6, 6.07) is 12.4. The number of carbonyl (C=O) groups is 1. The van der Waals surface area contributed by atoms with Crippen molar-refractivity contribution in [2.75, 3.05) is 0 Å². The van der Waals surface area contributed by atoms with Crippen molar-refractivity contribution in [1.29, 1.82) is 0 Å². The van der Waals surface area contributed by atoms with Crippen LogP contribution in [0.15, 0.2) is 53.1 Å². The van der Waals surface area contributed by atoms with E-state index in [4.69, 9.17) is 9.15 Å². The maximum atomic E-state index is 14.3. The van der Waals surface area contributed by atoms with Crippen LogP contribution in [0.2, 0.25) is 0 Å². The number of nitrogens with zero attached hydrogens (tertiary/aromatic N) is 1. The summed E-state index contributed by atoms with van der Waals surface area (Å²) in [6.45, 7) is 5.57. The molecule has 0 spiro atoms. The van der Waals surface area contributed by atoms with Gasteiger partial charge in [-0.1, -0.05) is 30.3 Å². The summed E-state index contributed by atoms with van der Waals surface area (Å²) in [4.78, 5) is 14.5. The molecule has 6 heteroatoms. The number of aliphatic hydroxyl groups is 1. The fraction of sp³-hybridized carbons (Fsp3) is 0.286. The van der Waals surface area contributed by atoms with Gasteiger partial charge in [0, 0.05) is 17.6 Å². The number of amides is 1. The lowest BCUT2D eigenvalue weighted by Gasteiger charge is -2.34. The topological polar surface area (TPSA) is 62.9 Å². The molecule has 27 heavy (non-hydrogen) atoms. The molecule has 3 rings (SSSR count). The minimum atomic E-state index is -0.658. The molecule has 1 heterocycles. The van der Waals surface area contributed by atoms with Crippen LogP contribution in [0.1, 0.15) is 31.9 Å². The first-order chi connectivity index (χ1) is 12.8. The van der Waals surface area contributed by atoms with E-state index in [0.29, 0.717) is 11.9 Å². The Morgan fingerprint density at radius 2 is 1.93 bits per heavy atom. The molecule has 0 unspecified atom stereocenters. The van der Waals surface area contributed by atoms with Gasteiger partial charge in [0.2, 0.25) is 0 Å². The highest BCUT2D eigenvalue weighted by molar-refractivity contribution is 5.88. The number of ether oxygens (including phenoxy) is 1. The Labute approximate surface area is 157 Å². The van der Waals surface area contributed by atoms with Crippen LogP contribution in [0.5, 0.6) is 5.75 Å². The van der Waals surface area contributed by atoms with Crippen molar-refractivity contribution in [3.63, 3.8) is 0 Å². The molecular weight excluding hydrogens is 349 g/mol. The molecule has 5 nitrogen and oxygen atoms in total. The molecular formula is C21H22FNO4. The number of rotatable bonds is 4. The molecule has 1 aromatic heterocycles. The predicted molar refractivity (Wildman–Crippen MR) is 99.9 cm³/mol. The van der Waals surface area contributed by atoms with E-state index in [0.717, 1.165) is 5.56 Å². The first-order valence-electron chi connectivity index (χ1n) is 8.64. The Hall–Kier alpha value is -2.86. The number of carbonyl (C=O) groups excluding carboxylic acids is 1. The standard InChI is InChI=1S/C21H22FNO4/c1-21(2,3)23(12-14-7-5-4-6-8-14)20(25)27-17-11-15(13-24)18(22)19-16(17)9-10-26-19/h4-11,24H,12-13H2,1-3H3. The van der Waals surface area contributed by atoms with E-state index in [2.05, 4.69) is 0 Å². The van der Waals surface area contributed by atoms with Crippen molar-refractivity contribution in [1.82, 2.24) is 4.90 Å². The molecule has 0 radical (unpaired) electrons. The van der Waals surface area contributed by atoms with Crippen molar-refractivity contribution in [3.8, 4) is 5.75 Å². The van der Waals surface area contributed by atoms with Gasteiger partial charge in [-0.2, -0.15) is 0 Å². The van der Waals surface area contributed by atoms with Gasteiger partial charge < -0.3 is 14.3 Å². The smallest absolute Gasteiger partial charge is 0.415 e. The fourth-order valence-corrected chi connectivity index (χ4v) is 2.81. The molecule has 0 aliphatic rings. The molecule has 0 saturated carbocycles. The summed E-state index contributed by atoms with van der Waals surface area (Å²) in [5.74, 6) is -0.509. The van der Waals surface area contributed by atoms with Gasteiger partial charge in [0.15, 0.2) is 11.4 Å². The molecule has 2 aromatic carbocycles. The Morgan fingerprint density at radius 1 is 1.22 bits per heavy atom. The molecule has 0 fully saturated rings. The van der Waals surface area contributed by atoms with E-state index in [9.17, 15) is 14.3 Å². The predicted octanol–water partition coefficient (Wildman–Crippen LogP) is 4.86.